The summed E-state index contributed by atoms with van der Waals surface area (Å²) in [5.41, 5.74) is 0.422. The second-order valence-corrected chi connectivity index (χ2v) is 4.67. The maximum absolute atomic E-state index is 8.78. The number of rotatable bonds is 3. The maximum atomic E-state index is 8.78. The second-order valence-electron chi connectivity index (χ2n) is 4.67. The summed E-state index contributed by atoms with van der Waals surface area (Å²) in [6.45, 7) is 2.24. The van der Waals surface area contributed by atoms with Crippen molar-refractivity contribution in [1.29, 1.82) is 5.26 Å². The molecule has 1 fully saturated rings. The summed E-state index contributed by atoms with van der Waals surface area (Å²) >= 11 is 0. The molecule has 2 unspecified atom stereocenters. The predicted molar refractivity (Wildman–Crippen MR) is 65.6 cm³/mol. The molecule has 0 aliphatic heterocycles. The SMILES string of the molecule is CCC1CCCC(Oc2ccnc(C#N)c2)C1. The fourth-order valence-corrected chi connectivity index (χ4v) is 2.46. The minimum atomic E-state index is 0.308. The van der Waals surface area contributed by atoms with Crippen LogP contribution >= 0.6 is 0 Å². The van der Waals surface area contributed by atoms with Crippen molar-refractivity contribution in [1.82, 2.24) is 4.98 Å². The number of hydrogen-bond donors (Lipinski definition) is 0. The number of ether oxygens (including phenoxy) is 1. The first-order valence-corrected chi connectivity index (χ1v) is 6.34. The summed E-state index contributed by atoms with van der Waals surface area (Å²) in [5, 5.41) is 8.78. The second kappa shape index (κ2) is 5.67. The van der Waals surface area contributed by atoms with E-state index in [0.29, 0.717) is 11.8 Å². The summed E-state index contributed by atoms with van der Waals surface area (Å²) in [4.78, 5) is 3.94. The van der Waals surface area contributed by atoms with Gasteiger partial charge in [0.1, 0.15) is 17.5 Å². The van der Waals surface area contributed by atoms with Gasteiger partial charge in [-0.2, -0.15) is 5.26 Å². The molecule has 0 N–H and O–H groups in total. The first kappa shape index (κ1) is 11.9. The number of aromatic nitrogens is 1. The van der Waals surface area contributed by atoms with Crippen molar-refractivity contribution in [3.63, 3.8) is 0 Å². The Kier molecular flexibility index (Phi) is 3.98. The smallest absolute Gasteiger partial charge is 0.144 e. The highest BCUT2D eigenvalue weighted by Crippen LogP contribution is 2.29. The van der Waals surface area contributed by atoms with E-state index < -0.39 is 0 Å². The van der Waals surface area contributed by atoms with Crippen LogP contribution in [0.5, 0.6) is 5.75 Å². The molecule has 1 aromatic rings. The van der Waals surface area contributed by atoms with Crippen molar-refractivity contribution in [2.45, 2.75) is 45.1 Å². The molecule has 1 aromatic heterocycles. The molecule has 3 heteroatoms. The minimum absolute atomic E-state index is 0.308. The van der Waals surface area contributed by atoms with Crippen LogP contribution < -0.4 is 4.74 Å². The molecule has 0 amide bonds. The van der Waals surface area contributed by atoms with Gasteiger partial charge in [0.25, 0.3) is 0 Å². The van der Waals surface area contributed by atoms with Crippen LogP contribution in [0.4, 0.5) is 0 Å². The van der Waals surface area contributed by atoms with Crippen LogP contribution in [0.15, 0.2) is 18.3 Å². The number of nitriles is 1. The zero-order valence-corrected chi connectivity index (χ0v) is 10.2. The van der Waals surface area contributed by atoms with Crippen molar-refractivity contribution in [3.8, 4) is 11.8 Å². The Hall–Kier alpha value is -1.56. The van der Waals surface area contributed by atoms with Gasteiger partial charge in [-0.1, -0.05) is 19.8 Å². The van der Waals surface area contributed by atoms with Gasteiger partial charge >= 0.3 is 0 Å². The van der Waals surface area contributed by atoms with Gasteiger partial charge in [0.15, 0.2) is 0 Å². The molecule has 1 aliphatic rings. The minimum Gasteiger partial charge on any atom is -0.490 e. The fourth-order valence-electron chi connectivity index (χ4n) is 2.46. The highest BCUT2D eigenvalue weighted by atomic mass is 16.5. The Balaban J connectivity index is 1.98. The van der Waals surface area contributed by atoms with Gasteiger partial charge in [-0.05, 0) is 31.2 Å². The van der Waals surface area contributed by atoms with E-state index in [4.69, 9.17) is 10.00 Å². The molecule has 1 aliphatic carbocycles. The summed E-state index contributed by atoms with van der Waals surface area (Å²) in [5.74, 6) is 1.57. The van der Waals surface area contributed by atoms with E-state index in [2.05, 4.69) is 11.9 Å². The van der Waals surface area contributed by atoms with Gasteiger partial charge in [0, 0.05) is 12.3 Å². The van der Waals surface area contributed by atoms with E-state index in [0.717, 1.165) is 24.5 Å². The zero-order chi connectivity index (χ0) is 12.1. The van der Waals surface area contributed by atoms with Crippen molar-refractivity contribution < 1.29 is 4.74 Å². The molecule has 1 saturated carbocycles. The maximum Gasteiger partial charge on any atom is 0.144 e. The quantitative estimate of drug-likeness (QED) is 0.800. The summed E-state index contributed by atoms with van der Waals surface area (Å²) in [6.07, 6.45) is 8.02. The van der Waals surface area contributed by atoms with Crippen LogP contribution in [0.25, 0.3) is 0 Å². The van der Waals surface area contributed by atoms with Crippen LogP contribution in [-0.4, -0.2) is 11.1 Å². The molecular weight excluding hydrogens is 212 g/mol. The molecule has 1 heterocycles. The van der Waals surface area contributed by atoms with Crippen LogP contribution in [-0.2, 0) is 0 Å². The van der Waals surface area contributed by atoms with E-state index in [-0.39, 0.29) is 0 Å². The summed E-state index contributed by atoms with van der Waals surface area (Å²) in [7, 11) is 0. The molecule has 17 heavy (non-hydrogen) atoms. The third-order valence-electron chi connectivity index (χ3n) is 3.46. The first-order chi connectivity index (χ1) is 8.31. The monoisotopic (exact) mass is 230 g/mol. The Morgan fingerprint density at radius 1 is 1.53 bits per heavy atom. The number of hydrogen-bond acceptors (Lipinski definition) is 3. The van der Waals surface area contributed by atoms with Gasteiger partial charge < -0.3 is 4.74 Å². The van der Waals surface area contributed by atoms with Crippen LogP contribution in [0, 0.1) is 17.2 Å². The molecule has 0 spiro atoms. The van der Waals surface area contributed by atoms with Crippen LogP contribution in [0.2, 0.25) is 0 Å². The third-order valence-corrected chi connectivity index (χ3v) is 3.46. The average molecular weight is 230 g/mol. The number of pyridine rings is 1. The average Bonchev–Trinajstić information content (AvgIpc) is 2.39. The van der Waals surface area contributed by atoms with Crippen molar-refractivity contribution >= 4 is 0 Å². The van der Waals surface area contributed by atoms with Crippen molar-refractivity contribution in [3.05, 3.63) is 24.0 Å². The Morgan fingerprint density at radius 3 is 3.18 bits per heavy atom. The Labute approximate surface area is 102 Å². The third kappa shape index (κ3) is 3.20. The lowest BCUT2D eigenvalue weighted by atomic mass is 9.85. The molecule has 0 saturated heterocycles. The van der Waals surface area contributed by atoms with Gasteiger partial charge in [-0.25, -0.2) is 4.98 Å². The standard InChI is InChI=1S/C14H18N2O/c1-2-11-4-3-5-13(8-11)17-14-6-7-16-12(9-14)10-15/h6-7,9,11,13H,2-5,8H2,1H3. The zero-order valence-electron chi connectivity index (χ0n) is 10.2. The van der Waals surface area contributed by atoms with E-state index in [1.54, 1.807) is 12.3 Å². The molecule has 90 valence electrons. The van der Waals surface area contributed by atoms with Gasteiger partial charge in [0.2, 0.25) is 0 Å². The van der Waals surface area contributed by atoms with E-state index in [9.17, 15) is 0 Å². The molecule has 0 radical (unpaired) electrons. The lowest BCUT2D eigenvalue weighted by Crippen LogP contribution is -2.25. The molecule has 0 aromatic carbocycles. The largest absolute Gasteiger partial charge is 0.490 e. The Bertz CT molecular complexity index is 411. The van der Waals surface area contributed by atoms with Gasteiger partial charge in [0.05, 0.1) is 6.10 Å². The normalized spacial score (nSPS) is 24.0. The molecule has 3 nitrogen and oxygen atoms in total. The molecule has 0 bridgehead atoms. The Morgan fingerprint density at radius 2 is 2.41 bits per heavy atom. The fraction of sp³-hybridized carbons (Fsp3) is 0.571. The predicted octanol–water partition coefficient (Wildman–Crippen LogP) is 3.30. The van der Waals surface area contributed by atoms with Crippen molar-refractivity contribution in [2.24, 2.45) is 5.92 Å². The highest BCUT2D eigenvalue weighted by molar-refractivity contribution is 5.29. The van der Waals surface area contributed by atoms with Crippen molar-refractivity contribution in [2.75, 3.05) is 0 Å². The van der Waals surface area contributed by atoms with E-state index >= 15 is 0 Å². The van der Waals surface area contributed by atoms with Gasteiger partial charge in [-0.15, -0.1) is 0 Å². The van der Waals surface area contributed by atoms with E-state index in [1.165, 1.54) is 19.3 Å². The molecular formula is C14H18N2O. The molecule has 2 atom stereocenters. The van der Waals surface area contributed by atoms with Crippen LogP contribution in [0.1, 0.15) is 44.7 Å². The highest BCUT2D eigenvalue weighted by Gasteiger charge is 2.22. The van der Waals surface area contributed by atoms with Gasteiger partial charge in [-0.3, -0.25) is 0 Å². The first-order valence-electron chi connectivity index (χ1n) is 6.34. The lowest BCUT2D eigenvalue weighted by Gasteiger charge is -2.28. The van der Waals surface area contributed by atoms with E-state index in [1.807, 2.05) is 12.1 Å². The summed E-state index contributed by atoms with van der Waals surface area (Å²) in [6, 6.07) is 5.58. The number of nitrogens with zero attached hydrogens (tertiary/aromatic N) is 2. The molecule has 2 rings (SSSR count). The summed E-state index contributed by atoms with van der Waals surface area (Å²) < 4.78 is 5.94. The lowest BCUT2D eigenvalue weighted by molar-refractivity contribution is 0.122. The van der Waals surface area contributed by atoms with Crippen LogP contribution in [0.3, 0.4) is 0 Å². The topological polar surface area (TPSA) is 45.9 Å².